The number of ether oxygens (including phenoxy) is 2. The van der Waals surface area contributed by atoms with Crippen molar-refractivity contribution in [2.75, 3.05) is 20.0 Å². The number of rotatable bonds is 3. The number of anilines is 1. The molecule has 17 heavy (non-hydrogen) atoms. The van der Waals surface area contributed by atoms with Gasteiger partial charge in [0.05, 0.1) is 14.2 Å². The largest absolute Gasteiger partial charge is 0.493 e. The first-order valence-corrected chi connectivity index (χ1v) is 5.18. The molecule has 2 N–H and O–H groups in total. The van der Waals surface area contributed by atoms with E-state index in [1.807, 2.05) is 30.3 Å². The van der Waals surface area contributed by atoms with Gasteiger partial charge in [-0.15, -0.1) is 0 Å². The highest BCUT2D eigenvalue weighted by atomic mass is 16.5. The van der Waals surface area contributed by atoms with Crippen LogP contribution in [0.15, 0.2) is 36.5 Å². The summed E-state index contributed by atoms with van der Waals surface area (Å²) < 4.78 is 10.4. The van der Waals surface area contributed by atoms with Crippen molar-refractivity contribution in [1.82, 2.24) is 4.98 Å². The molecule has 2 rings (SSSR count). The lowest BCUT2D eigenvalue weighted by atomic mass is 10.1. The molecule has 0 spiro atoms. The van der Waals surface area contributed by atoms with Gasteiger partial charge >= 0.3 is 0 Å². The molecule has 0 unspecified atom stereocenters. The van der Waals surface area contributed by atoms with Crippen molar-refractivity contribution in [3.05, 3.63) is 36.5 Å². The van der Waals surface area contributed by atoms with Crippen molar-refractivity contribution in [1.29, 1.82) is 0 Å². The van der Waals surface area contributed by atoms with Gasteiger partial charge in [-0.3, -0.25) is 0 Å². The van der Waals surface area contributed by atoms with Crippen LogP contribution in [0.4, 0.5) is 5.82 Å². The van der Waals surface area contributed by atoms with Gasteiger partial charge in [0.15, 0.2) is 11.5 Å². The van der Waals surface area contributed by atoms with Crippen LogP contribution in [0.25, 0.3) is 11.1 Å². The van der Waals surface area contributed by atoms with Crippen molar-refractivity contribution in [2.45, 2.75) is 0 Å². The predicted octanol–water partition coefficient (Wildman–Crippen LogP) is 2.35. The second kappa shape index (κ2) is 4.74. The fraction of sp³-hybridized carbons (Fsp3) is 0.154. The first-order valence-electron chi connectivity index (χ1n) is 5.18. The number of aromatic nitrogens is 1. The van der Waals surface area contributed by atoms with Crippen LogP contribution >= 0.6 is 0 Å². The monoisotopic (exact) mass is 230 g/mol. The van der Waals surface area contributed by atoms with Crippen LogP contribution in [0.1, 0.15) is 0 Å². The third kappa shape index (κ3) is 2.30. The highest BCUT2D eigenvalue weighted by Crippen LogP contribution is 2.32. The Balaban J connectivity index is 2.46. The first-order chi connectivity index (χ1) is 8.24. The highest BCUT2D eigenvalue weighted by Gasteiger charge is 2.06. The zero-order chi connectivity index (χ0) is 12.3. The van der Waals surface area contributed by atoms with Gasteiger partial charge in [-0.1, -0.05) is 6.07 Å². The van der Waals surface area contributed by atoms with E-state index in [9.17, 15) is 0 Å². The molecular weight excluding hydrogens is 216 g/mol. The lowest BCUT2D eigenvalue weighted by Gasteiger charge is -2.09. The SMILES string of the molecule is COc1ccc(-c2ccnc(N)c2)cc1OC. The molecular formula is C13H14N2O2. The molecule has 0 bridgehead atoms. The Bertz CT molecular complexity index is 527. The Morgan fingerprint density at radius 1 is 0.941 bits per heavy atom. The molecule has 0 saturated heterocycles. The van der Waals surface area contributed by atoms with Crippen LogP contribution in [-0.2, 0) is 0 Å². The van der Waals surface area contributed by atoms with Crippen molar-refractivity contribution >= 4 is 5.82 Å². The lowest BCUT2D eigenvalue weighted by Crippen LogP contribution is -1.92. The maximum atomic E-state index is 5.66. The molecule has 0 aliphatic rings. The third-order valence-corrected chi connectivity index (χ3v) is 2.50. The Morgan fingerprint density at radius 2 is 1.65 bits per heavy atom. The fourth-order valence-corrected chi connectivity index (χ4v) is 1.64. The van der Waals surface area contributed by atoms with Crippen LogP contribution < -0.4 is 15.2 Å². The van der Waals surface area contributed by atoms with Gasteiger partial charge in [-0.2, -0.15) is 0 Å². The Morgan fingerprint density at radius 3 is 2.29 bits per heavy atom. The minimum Gasteiger partial charge on any atom is -0.493 e. The number of methoxy groups -OCH3 is 2. The molecule has 0 saturated carbocycles. The molecule has 0 aliphatic carbocycles. The van der Waals surface area contributed by atoms with E-state index in [2.05, 4.69) is 4.98 Å². The van der Waals surface area contributed by atoms with Gasteiger partial charge in [0.2, 0.25) is 0 Å². The van der Waals surface area contributed by atoms with Gasteiger partial charge in [-0.25, -0.2) is 4.98 Å². The van der Waals surface area contributed by atoms with E-state index in [1.165, 1.54) is 0 Å². The van der Waals surface area contributed by atoms with Gasteiger partial charge in [0.1, 0.15) is 5.82 Å². The van der Waals surface area contributed by atoms with Crippen LogP contribution in [0.5, 0.6) is 11.5 Å². The number of nitrogen functional groups attached to an aromatic ring is 1. The quantitative estimate of drug-likeness (QED) is 0.879. The minimum atomic E-state index is 0.497. The van der Waals surface area contributed by atoms with E-state index in [0.717, 1.165) is 11.1 Å². The van der Waals surface area contributed by atoms with Crippen molar-refractivity contribution in [2.24, 2.45) is 0 Å². The molecule has 0 atom stereocenters. The van der Waals surface area contributed by atoms with E-state index in [1.54, 1.807) is 20.4 Å². The van der Waals surface area contributed by atoms with E-state index >= 15 is 0 Å². The predicted molar refractivity (Wildman–Crippen MR) is 67.2 cm³/mol. The summed E-state index contributed by atoms with van der Waals surface area (Å²) in [6.07, 6.45) is 1.68. The first kappa shape index (κ1) is 11.3. The molecule has 0 radical (unpaired) electrons. The smallest absolute Gasteiger partial charge is 0.161 e. The number of nitrogens with zero attached hydrogens (tertiary/aromatic N) is 1. The number of hydrogen-bond donors (Lipinski definition) is 1. The van der Waals surface area contributed by atoms with E-state index in [-0.39, 0.29) is 0 Å². The van der Waals surface area contributed by atoms with Crippen LogP contribution in [0.2, 0.25) is 0 Å². The van der Waals surface area contributed by atoms with Gasteiger partial charge in [0, 0.05) is 6.20 Å². The summed E-state index contributed by atoms with van der Waals surface area (Å²) in [7, 11) is 3.23. The summed E-state index contributed by atoms with van der Waals surface area (Å²) in [6, 6.07) is 9.45. The Labute approximate surface area is 100 Å². The number of hydrogen-bond acceptors (Lipinski definition) is 4. The molecule has 2 aromatic rings. The van der Waals surface area contributed by atoms with E-state index < -0.39 is 0 Å². The van der Waals surface area contributed by atoms with Gasteiger partial charge < -0.3 is 15.2 Å². The number of benzene rings is 1. The van der Waals surface area contributed by atoms with Crippen molar-refractivity contribution in [3.8, 4) is 22.6 Å². The Kier molecular flexibility index (Phi) is 3.14. The maximum Gasteiger partial charge on any atom is 0.161 e. The molecule has 0 aliphatic heterocycles. The van der Waals surface area contributed by atoms with Crippen LogP contribution in [0, 0.1) is 0 Å². The molecule has 0 amide bonds. The third-order valence-electron chi connectivity index (χ3n) is 2.50. The second-order valence-corrected chi connectivity index (χ2v) is 3.54. The molecule has 4 nitrogen and oxygen atoms in total. The average molecular weight is 230 g/mol. The number of nitrogens with two attached hydrogens (primary N) is 1. The summed E-state index contributed by atoms with van der Waals surface area (Å²) in [5, 5.41) is 0. The van der Waals surface area contributed by atoms with E-state index in [4.69, 9.17) is 15.2 Å². The summed E-state index contributed by atoms with van der Waals surface area (Å²) in [4.78, 5) is 3.96. The zero-order valence-corrected chi connectivity index (χ0v) is 9.81. The standard InChI is InChI=1S/C13H14N2O2/c1-16-11-4-3-9(7-12(11)17-2)10-5-6-15-13(14)8-10/h3-8H,1-2H3,(H2,14,15). The lowest BCUT2D eigenvalue weighted by molar-refractivity contribution is 0.355. The van der Waals surface area contributed by atoms with Crippen molar-refractivity contribution in [3.63, 3.8) is 0 Å². The summed E-state index contributed by atoms with van der Waals surface area (Å²) in [6.45, 7) is 0. The molecule has 1 aromatic carbocycles. The zero-order valence-electron chi connectivity index (χ0n) is 9.81. The van der Waals surface area contributed by atoms with Crippen LogP contribution in [-0.4, -0.2) is 19.2 Å². The molecule has 0 fully saturated rings. The minimum absolute atomic E-state index is 0.497. The summed E-state index contributed by atoms with van der Waals surface area (Å²) in [5.41, 5.74) is 7.66. The number of pyridine rings is 1. The fourth-order valence-electron chi connectivity index (χ4n) is 1.64. The van der Waals surface area contributed by atoms with Crippen LogP contribution in [0.3, 0.4) is 0 Å². The van der Waals surface area contributed by atoms with Gasteiger partial charge in [-0.05, 0) is 35.4 Å². The summed E-state index contributed by atoms with van der Waals surface area (Å²) >= 11 is 0. The molecule has 4 heteroatoms. The normalized spacial score (nSPS) is 10.0. The second-order valence-electron chi connectivity index (χ2n) is 3.54. The Hall–Kier alpha value is -2.23. The molecule has 1 heterocycles. The topological polar surface area (TPSA) is 57.4 Å². The molecule has 88 valence electrons. The average Bonchev–Trinajstić information content (AvgIpc) is 2.38. The van der Waals surface area contributed by atoms with Crippen molar-refractivity contribution < 1.29 is 9.47 Å². The van der Waals surface area contributed by atoms with E-state index in [0.29, 0.717) is 17.3 Å². The summed E-state index contributed by atoms with van der Waals surface area (Å²) in [5.74, 6) is 1.90. The van der Waals surface area contributed by atoms with Gasteiger partial charge in [0.25, 0.3) is 0 Å². The highest BCUT2D eigenvalue weighted by molar-refractivity contribution is 5.68. The maximum absolute atomic E-state index is 5.66. The molecule has 1 aromatic heterocycles.